The van der Waals surface area contributed by atoms with Gasteiger partial charge >= 0.3 is 0 Å². The van der Waals surface area contributed by atoms with Gasteiger partial charge in [-0.1, -0.05) is 49.4 Å². The van der Waals surface area contributed by atoms with Gasteiger partial charge in [-0.2, -0.15) is 0 Å². The Hall–Kier alpha value is -2.92. The Labute approximate surface area is 192 Å². The van der Waals surface area contributed by atoms with E-state index in [1.165, 1.54) is 12.8 Å². The Bertz CT molecular complexity index is 860. The fourth-order valence-corrected chi connectivity index (χ4v) is 3.73. The number of carbonyl (C=O) groups excluding carboxylic acids is 2. The maximum Gasteiger partial charge on any atom is 0.293 e. The SMILES string of the molecule is C=C(/C(C=O)=C/c1ccccc1OC)C(/C=C\C(C)=C/COC=O)CN1CCC(C)CC1. The van der Waals surface area contributed by atoms with E-state index in [9.17, 15) is 9.59 Å². The summed E-state index contributed by atoms with van der Waals surface area (Å²) in [5.41, 5.74) is 3.16. The first-order chi connectivity index (χ1) is 15.5. The summed E-state index contributed by atoms with van der Waals surface area (Å²) < 4.78 is 10.2. The third-order valence-corrected chi connectivity index (χ3v) is 5.89. The third kappa shape index (κ3) is 7.97. The van der Waals surface area contributed by atoms with Crippen molar-refractivity contribution in [2.24, 2.45) is 11.8 Å². The number of nitrogens with zero attached hydrogens (tertiary/aromatic N) is 1. The second-order valence-electron chi connectivity index (χ2n) is 8.31. The fourth-order valence-electron chi connectivity index (χ4n) is 3.73. The van der Waals surface area contributed by atoms with Gasteiger partial charge in [-0.15, -0.1) is 0 Å². The minimum absolute atomic E-state index is 0.0232. The number of aldehydes is 1. The molecule has 1 heterocycles. The highest BCUT2D eigenvalue weighted by Crippen LogP contribution is 2.27. The summed E-state index contributed by atoms with van der Waals surface area (Å²) in [6, 6.07) is 7.62. The number of benzene rings is 1. The molecule has 0 radical (unpaired) electrons. The topological polar surface area (TPSA) is 55.8 Å². The molecule has 5 heteroatoms. The summed E-state index contributed by atoms with van der Waals surface area (Å²) in [6.07, 6.45) is 11.0. The summed E-state index contributed by atoms with van der Waals surface area (Å²) in [5.74, 6) is 1.44. The molecule has 1 aliphatic heterocycles. The van der Waals surface area contributed by atoms with Gasteiger partial charge in [-0.3, -0.25) is 9.59 Å². The quantitative estimate of drug-likeness (QED) is 0.202. The number of ether oxygens (including phenoxy) is 2. The molecule has 0 aliphatic carbocycles. The molecular weight excluding hydrogens is 402 g/mol. The lowest BCUT2D eigenvalue weighted by molar-refractivity contribution is -0.127. The number of carbonyl (C=O) groups is 2. The van der Waals surface area contributed by atoms with Crippen molar-refractivity contribution in [2.45, 2.75) is 26.7 Å². The van der Waals surface area contributed by atoms with E-state index in [4.69, 9.17) is 9.47 Å². The lowest BCUT2D eigenvalue weighted by atomic mass is 9.90. The van der Waals surface area contributed by atoms with E-state index in [0.29, 0.717) is 17.8 Å². The minimum atomic E-state index is -0.0232. The lowest BCUT2D eigenvalue weighted by Gasteiger charge is -2.33. The van der Waals surface area contributed by atoms with Crippen molar-refractivity contribution in [1.82, 2.24) is 4.90 Å². The van der Waals surface area contributed by atoms with E-state index in [2.05, 4.69) is 24.5 Å². The van der Waals surface area contributed by atoms with E-state index in [1.807, 2.05) is 49.4 Å². The molecule has 1 saturated heterocycles. The van der Waals surface area contributed by atoms with Gasteiger partial charge in [0.2, 0.25) is 0 Å². The molecule has 32 heavy (non-hydrogen) atoms. The minimum Gasteiger partial charge on any atom is -0.496 e. The molecule has 1 aromatic rings. The Balaban J connectivity index is 2.27. The van der Waals surface area contributed by atoms with Crippen molar-refractivity contribution >= 4 is 18.8 Å². The maximum atomic E-state index is 12.0. The molecule has 1 fully saturated rings. The van der Waals surface area contributed by atoms with Crippen LogP contribution in [-0.4, -0.2) is 51.0 Å². The van der Waals surface area contributed by atoms with E-state index in [-0.39, 0.29) is 12.5 Å². The summed E-state index contributed by atoms with van der Waals surface area (Å²) in [5, 5.41) is 0. The Morgan fingerprint density at radius 3 is 2.62 bits per heavy atom. The van der Waals surface area contributed by atoms with Crippen LogP contribution < -0.4 is 4.74 Å². The van der Waals surface area contributed by atoms with Crippen molar-refractivity contribution in [3.63, 3.8) is 0 Å². The van der Waals surface area contributed by atoms with Crippen LogP contribution in [0.5, 0.6) is 5.75 Å². The average molecular weight is 438 g/mol. The van der Waals surface area contributed by atoms with Crippen LogP contribution >= 0.6 is 0 Å². The Morgan fingerprint density at radius 1 is 1.25 bits per heavy atom. The number of rotatable bonds is 12. The number of piperidine rings is 1. The summed E-state index contributed by atoms with van der Waals surface area (Å²) in [7, 11) is 1.62. The van der Waals surface area contributed by atoms with Gasteiger partial charge in [0.1, 0.15) is 18.6 Å². The molecule has 1 unspecified atom stereocenters. The molecule has 1 atom stereocenters. The first-order valence-electron chi connectivity index (χ1n) is 11.1. The van der Waals surface area contributed by atoms with Gasteiger partial charge in [-0.05, 0) is 62.6 Å². The first kappa shape index (κ1) is 25.3. The average Bonchev–Trinajstić information content (AvgIpc) is 2.81. The lowest BCUT2D eigenvalue weighted by Crippen LogP contribution is -2.36. The van der Waals surface area contributed by atoms with Gasteiger partial charge in [0.15, 0.2) is 0 Å². The molecule has 0 spiro atoms. The largest absolute Gasteiger partial charge is 0.496 e. The van der Waals surface area contributed by atoms with Crippen molar-refractivity contribution in [3.05, 3.63) is 71.4 Å². The van der Waals surface area contributed by atoms with Gasteiger partial charge in [0.05, 0.1) is 7.11 Å². The zero-order valence-corrected chi connectivity index (χ0v) is 19.5. The number of methoxy groups -OCH3 is 1. The highest BCUT2D eigenvalue weighted by Gasteiger charge is 2.21. The van der Waals surface area contributed by atoms with E-state index >= 15 is 0 Å². The number of para-hydroxylation sites is 1. The van der Waals surface area contributed by atoms with Gasteiger partial charge in [-0.25, -0.2) is 0 Å². The van der Waals surface area contributed by atoms with Gasteiger partial charge < -0.3 is 14.4 Å². The van der Waals surface area contributed by atoms with Crippen LogP contribution in [0.25, 0.3) is 6.08 Å². The molecule has 1 aliphatic rings. The van der Waals surface area contributed by atoms with Crippen LogP contribution in [0.15, 0.2) is 65.8 Å². The standard InChI is InChI=1S/C27H35NO4/c1-21(13-16-32-20-30)9-10-25(18-28-14-11-22(2)12-15-28)23(3)26(19-29)17-24-7-5-6-8-27(24)31-4/h5-10,13,17,19-20,22,25H,3,11-12,14-16,18H2,1-2,4H3/b10-9-,21-13-,26-17+. The smallest absolute Gasteiger partial charge is 0.293 e. The predicted molar refractivity (Wildman–Crippen MR) is 129 cm³/mol. The van der Waals surface area contributed by atoms with Crippen LogP contribution in [0.2, 0.25) is 0 Å². The molecule has 2 rings (SSSR count). The van der Waals surface area contributed by atoms with E-state index in [1.54, 1.807) is 7.11 Å². The summed E-state index contributed by atoms with van der Waals surface area (Å²) in [4.78, 5) is 24.8. The highest BCUT2D eigenvalue weighted by molar-refractivity contribution is 5.88. The Morgan fingerprint density at radius 2 is 1.97 bits per heavy atom. The van der Waals surface area contributed by atoms with Crippen molar-refractivity contribution in [1.29, 1.82) is 0 Å². The Kier molecular flexibility index (Phi) is 10.7. The zero-order valence-electron chi connectivity index (χ0n) is 19.5. The van der Waals surface area contributed by atoms with Gasteiger partial charge in [0, 0.05) is 23.6 Å². The van der Waals surface area contributed by atoms with E-state index < -0.39 is 0 Å². The van der Waals surface area contributed by atoms with Crippen molar-refractivity contribution in [2.75, 3.05) is 33.4 Å². The number of hydrogen-bond acceptors (Lipinski definition) is 5. The first-order valence-corrected chi connectivity index (χ1v) is 11.1. The molecule has 0 bridgehead atoms. The molecule has 0 aromatic heterocycles. The fraction of sp³-hybridized carbons (Fsp3) is 0.407. The number of likely N-dealkylation sites (tertiary alicyclic amines) is 1. The maximum absolute atomic E-state index is 12.0. The zero-order chi connectivity index (χ0) is 23.3. The van der Waals surface area contributed by atoms with Crippen LogP contribution in [0.4, 0.5) is 0 Å². The number of hydrogen-bond donors (Lipinski definition) is 0. The van der Waals surface area contributed by atoms with Crippen LogP contribution in [0, 0.1) is 11.8 Å². The summed E-state index contributed by atoms with van der Waals surface area (Å²) in [6.45, 7) is 12.1. The molecule has 0 N–H and O–H groups in total. The predicted octanol–water partition coefficient (Wildman–Crippen LogP) is 4.86. The van der Waals surface area contributed by atoms with Crippen LogP contribution in [0.1, 0.15) is 32.3 Å². The molecule has 0 amide bonds. The number of allylic oxidation sites excluding steroid dienone is 3. The summed E-state index contributed by atoms with van der Waals surface area (Å²) >= 11 is 0. The van der Waals surface area contributed by atoms with Crippen molar-refractivity contribution in [3.8, 4) is 5.75 Å². The second-order valence-corrected chi connectivity index (χ2v) is 8.31. The monoisotopic (exact) mass is 437 g/mol. The second kappa shape index (κ2) is 13.5. The molecule has 172 valence electrons. The van der Waals surface area contributed by atoms with Crippen LogP contribution in [0.3, 0.4) is 0 Å². The molecule has 1 aromatic carbocycles. The van der Waals surface area contributed by atoms with Crippen molar-refractivity contribution < 1.29 is 19.1 Å². The van der Waals surface area contributed by atoms with E-state index in [0.717, 1.165) is 48.5 Å². The molecule has 0 saturated carbocycles. The normalized spacial score (nSPS) is 17.2. The third-order valence-electron chi connectivity index (χ3n) is 5.89. The molecular formula is C27H35NO4. The highest BCUT2D eigenvalue weighted by atomic mass is 16.5. The molecule has 5 nitrogen and oxygen atoms in total. The van der Waals surface area contributed by atoms with Gasteiger partial charge in [0.25, 0.3) is 6.47 Å². The van der Waals surface area contributed by atoms with Crippen LogP contribution in [-0.2, 0) is 14.3 Å².